The Morgan fingerprint density at radius 1 is 0.889 bits per heavy atom. The molecule has 0 radical (unpaired) electrons. The molecule has 1 aromatic carbocycles. The fourth-order valence-corrected chi connectivity index (χ4v) is 12.9. The van der Waals surface area contributed by atoms with Crippen LogP contribution in [0, 0.1) is 56.7 Å². The van der Waals surface area contributed by atoms with Crippen molar-refractivity contribution in [3.8, 4) is 11.5 Å². The van der Waals surface area contributed by atoms with Crippen LogP contribution in [0.15, 0.2) is 35.9 Å². The van der Waals surface area contributed by atoms with Crippen molar-refractivity contribution in [3.63, 3.8) is 0 Å². The first-order chi connectivity index (χ1) is 21.2. The molecule has 5 aliphatic rings. The maximum Gasteiger partial charge on any atom is 0.312 e. The lowest BCUT2D eigenvalue weighted by Crippen LogP contribution is -2.67. The predicted molar refractivity (Wildman–Crippen MR) is 179 cm³/mol. The van der Waals surface area contributed by atoms with Crippen molar-refractivity contribution >= 4 is 17.8 Å². The maximum atomic E-state index is 14.3. The zero-order valence-corrected chi connectivity index (χ0v) is 29.3. The van der Waals surface area contributed by atoms with Crippen LogP contribution >= 0.6 is 0 Å². The molecule has 5 fully saturated rings. The highest BCUT2D eigenvalue weighted by Crippen LogP contribution is 2.77. The number of carbonyl (C=O) groups excluding carboxylic acids is 2. The highest BCUT2D eigenvalue weighted by molar-refractivity contribution is 6.04. The monoisotopic (exact) mass is 616 g/mol. The average molecular weight is 617 g/mol. The Morgan fingerprint density at radius 2 is 1.62 bits per heavy atom. The second-order valence-corrected chi connectivity index (χ2v) is 16.8. The van der Waals surface area contributed by atoms with Crippen LogP contribution in [0.25, 0.3) is 6.08 Å². The summed E-state index contributed by atoms with van der Waals surface area (Å²) < 4.78 is 16.9. The van der Waals surface area contributed by atoms with Gasteiger partial charge in [-0.25, -0.2) is 0 Å². The average Bonchev–Trinajstić information content (AvgIpc) is 3.41. The first-order valence-corrected chi connectivity index (χ1v) is 17.4. The van der Waals surface area contributed by atoms with Crippen LogP contribution in [0.1, 0.15) is 105 Å². The van der Waals surface area contributed by atoms with Gasteiger partial charge in [0, 0.05) is 11.0 Å². The van der Waals surface area contributed by atoms with E-state index in [1.165, 1.54) is 5.57 Å². The third-order valence-electron chi connectivity index (χ3n) is 15.0. The van der Waals surface area contributed by atoms with E-state index >= 15 is 0 Å². The van der Waals surface area contributed by atoms with Crippen molar-refractivity contribution in [2.24, 2.45) is 56.7 Å². The van der Waals surface area contributed by atoms with Crippen LogP contribution < -0.4 is 9.47 Å². The van der Waals surface area contributed by atoms with Crippen molar-refractivity contribution in [3.05, 3.63) is 41.5 Å². The second kappa shape index (κ2) is 10.7. The summed E-state index contributed by atoms with van der Waals surface area (Å²) in [5, 5.41) is 0. The molecule has 246 valence electrons. The minimum absolute atomic E-state index is 0.0107. The lowest BCUT2D eigenvalue weighted by molar-refractivity contribution is -0.232. The lowest BCUT2D eigenvalue weighted by atomic mass is 9.32. The largest absolute Gasteiger partial charge is 0.493 e. The van der Waals surface area contributed by atoms with E-state index in [2.05, 4.69) is 54.2 Å². The summed E-state index contributed by atoms with van der Waals surface area (Å²) in [6.07, 6.45) is 11.3. The molecule has 0 N–H and O–H groups in total. The molecule has 45 heavy (non-hydrogen) atoms. The van der Waals surface area contributed by atoms with Crippen LogP contribution in [0.4, 0.5) is 0 Å². The van der Waals surface area contributed by atoms with Gasteiger partial charge < -0.3 is 14.2 Å². The molecule has 5 aliphatic carbocycles. The zero-order valence-electron chi connectivity index (χ0n) is 29.3. The number of ether oxygens (including phenoxy) is 3. The fraction of sp³-hybridized carbons (Fsp3) is 0.700. The van der Waals surface area contributed by atoms with Crippen LogP contribution in [-0.4, -0.2) is 33.1 Å². The normalized spacial score (nSPS) is 42.6. The van der Waals surface area contributed by atoms with E-state index < -0.39 is 5.41 Å². The molecule has 0 heterocycles. The van der Waals surface area contributed by atoms with Gasteiger partial charge in [-0.3, -0.25) is 9.59 Å². The Morgan fingerprint density at radius 3 is 2.27 bits per heavy atom. The summed E-state index contributed by atoms with van der Waals surface area (Å²) in [5.41, 5.74) is 2.41. The molecule has 6 rings (SSSR count). The summed E-state index contributed by atoms with van der Waals surface area (Å²) in [6.45, 7) is 18.7. The quantitative estimate of drug-likeness (QED) is 0.188. The minimum atomic E-state index is -0.451. The van der Waals surface area contributed by atoms with Gasteiger partial charge in [-0.05, 0) is 128 Å². The van der Waals surface area contributed by atoms with Crippen molar-refractivity contribution < 1.29 is 23.8 Å². The van der Waals surface area contributed by atoms with Crippen LogP contribution in [0.3, 0.4) is 0 Å². The van der Waals surface area contributed by atoms with Crippen molar-refractivity contribution in [1.29, 1.82) is 0 Å². The number of methoxy groups -OCH3 is 3. The zero-order chi connectivity index (χ0) is 32.7. The van der Waals surface area contributed by atoms with Crippen molar-refractivity contribution in [2.75, 3.05) is 21.3 Å². The highest BCUT2D eigenvalue weighted by Gasteiger charge is 2.72. The number of hydrogen-bond donors (Lipinski definition) is 0. The third-order valence-corrected chi connectivity index (χ3v) is 15.0. The Kier molecular flexibility index (Phi) is 7.73. The number of rotatable bonds is 5. The van der Waals surface area contributed by atoms with Gasteiger partial charge in [0.15, 0.2) is 17.3 Å². The summed E-state index contributed by atoms with van der Waals surface area (Å²) in [6, 6.07) is 5.89. The van der Waals surface area contributed by atoms with Crippen molar-refractivity contribution in [1.82, 2.24) is 0 Å². The number of Topliss-reactive ketones (excluding diaryl/α,β-unsaturated/α-hetero) is 1. The number of fused-ring (bicyclic) bond motifs is 7. The predicted octanol–water partition coefficient (Wildman–Crippen LogP) is 9.10. The molecule has 0 amide bonds. The molecule has 5 saturated carbocycles. The highest BCUT2D eigenvalue weighted by atomic mass is 16.5. The lowest BCUT2D eigenvalue weighted by Gasteiger charge is -2.72. The van der Waals surface area contributed by atoms with E-state index in [0.717, 1.165) is 68.9 Å². The van der Waals surface area contributed by atoms with E-state index in [0.29, 0.717) is 41.1 Å². The molecular formula is C40H56O5. The number of hydrogen-bond acceptors (Lipinski definition) is 5. The van der Waals surface area contributed by atoms with Gasteiger partial charge in [0.1, 0.15) is 0 Å². The molecule has 5 heteroatoms. The Bertz CT molecular complexity index is 1440. The molecular weight excluding hydrogens is 560 g/mol. The number of esters is 1. The molecule has 9 atom stereocenters. The second-order valence-electron chi connectivity index (χ2n) is 16.8. The Labute approximate surface area is 271 Å². The number of benzene rings is 1. The summed E-state index contributed by atoms with van der Waals surface area (Å²) in [7, 11) is 4.89. The summed E-state index contributed by atoms with van der Waals surface area (Å²) in [5.74, 6) is 3.58. The summed E-state index contributed by atoms with van der Waals surface area (Å²) in [4.78, 5) is 27.9. The van der Waals surface area contributed by atoms with Gasteiger partial charge in [0.2, 0.25) is 0 Å². The molecule has 5 nitrogen and oxygen atoms in total. The number of para-hydroxylation sites is 1. The van der Waals surface area contributed by atoms with E-state index in [1.807, 2.05) is 18.2 Å². The van der Waals surface area contributed by atoms with Gasteiger partial charge in [0.25, 0.3) is 0 Å². The first-order valence-electron chi connectivity index (χ1n) is 17.4. The maximum absolute atomic E-state index is 14.3. The van der Waals surface area contributed by atoms with Gasteiger partial charge >= 0.3 is 5.97 Å². The number of ketones is 1. The smallest absolute Gasteiger partial charge is 0.312 e. The molecule has 2 unspecified atom stereocenters. The van der Waals surface area contributed by atoms with Gasteiger partial charge in [-0.2, -0.15) is 0 Å². The standard InChI is InChI=1S/C40H56O5/c1-24(2)27-16-19-40(35(42)45-10)21-20-38(6)28(32(27)40)14-15-31-37(5)23-26(22-25-12-11-13-29(43-8)33(25)44-9)34(41)36(3,4)30(37)17-18-39(31,38)7/h11-13,22,27-28,30-32H,1,14-21,23H2,2-10H3/b26-22-/t27-,28+,30?,31+,32?,37-,38+,39+,40-/m0/s1. The number of allylic oxidation sites excluding steroid dienone is 2. The van der Waals surface area contributed by atoms with Crippen LogP contribution in [0.2, 0.25) is 0 Å². The summed E-state index contributed by atoms with van der Waals surface area (Å²) >= 11 is 0. The number of carbonyl (C=O) groups is 2. The SMILES string of the molecule is C=C(C)[C@@H]1CC[C@]2(C(=O)OC)CC[C@]3(C)[C@H](CC[C@@H]4[C@@]5(C)C/C(=C/c6cccc(OC)c6OC)C(=O)C(C)(C)C5CC[C@]43C)C12. The molecule has 0 saturated heterocycles. The van der Waals surface area contributed by atoms with Gasteiger partial charge in [0.05, 0.1) is 26.7 Å². The van der Waals surface area contributed by atoms with E-state index in [4.69, 9.17) is 14.2 Å². The molecule has 0 aromatic heterocycles. The topological polar surface area (TPSA) is 61.8 Å². The van der Waals surface area contributed by atoms with Crippen LogP contribution in [-0.2, 0) is 14.3 Å². The van der Waals surface area contributed by atoms with E-state index in [1.54, 1.807) is 21.3 Å². The molecule has 0 bridgehead atoms. The van der Waals surface area contributed by atoms with Crippen LogP contribution in [0.5, 0.6) is 11.5 Å². The molecule has 0 spiro atoms. The van der Waals surface area contributed by atoms with Crippen molar-refractivity contribution in [2.45, 2.75) is 99.3 Å². The molecule has 1 aromatic rings. The molecule has 0 aliphatic heterocycles. The Hall–Kier alpha value is -2.56. The van der Waals surface area contributed by atoms with Gasteiger partial charge in [-0.15, -0.1) is 0 Å². The van der Waals surface area contributed by atoms with Gasteiger partial charge in [-0.1, -0.05) is 58.9 Å². The third kappa shape index (κ3) is 4.23. The first kappa shape index (κ1) is 32.4. The fourth-order valence-electron chi connectivity index (χ4n) is 12.9. The Balaban J connectivity index is 1.42. The minimum Gasteiger partial charge on any atom is -0.493 e. The van der Waals surface area contributed by atoms with E-state index in [9.17, 15) is 9.59 Å². The van der Waals surface area contributed by atoms with E-state index in [-0.39, 0.29) is 33.4 Å².